The summed E-state index contributed by atoms with van der Waals surface area (Å²) in [5.41, 5.74) is 2.51. The normalized spacial score (nSPS) is 10.6. The zero-order valence-electron chi connectivity index (χ0n) is 12.9. The molecule has 0 saturated carbocycles. The maximum atomic E-state index is 12.6. The van der Waals surface area contributed by atoms with Gasteiger partial charge in [0.15, 0.2) is 0 Å². The van der Waals surface area contributed by atoms with E-state index in [-0.39, 0.29) is 5.91 Å². The quantitative estimate of drug-likeness (QED) is 0.818. The highest BCUT2D eigenvalue weighted by atomic mass is 16.2. The van der Waals surface area contributed by atoms with Crippen LogP contribution in [0.1, 0.15) is 35.2 Å². The third-order valence-electron chi connectivity index (χ3n) is 3.37. The number of hydrogen-bond donors (Lipinski definition) is 0. The Morgan fingerprint density at radius 3 is 2.71 bits per heavy atom. The molecule has 0 N–H and O–H groups in total. The summed E-state index contributed by atoms with van der Waals surface area (Å²) in [6.07, 6.45) is 3.49. The molecule has 0 aromatic carbocycles. The summed E-state index contributed by atoms with van der Waals surface area (Å²) in [4.78, 5) is 18.8. The van der Waals surface area contributed by atoms with E-state index in [4.69, 9.17) is 0 Å². The third kappa shape index (κ3) is 3.90. The highest BCUT2D eigenvalue weighted by Crippen LogP contribution is 2.08. The highest BCUT2D eigenvalue weighted by molar-refractivity contribution is 5.92. The van der Waals surface area contributed by atoms with Crippen molar-refractivity contribution in [3.63, 3.8) is 0 Å². The number of aryl methyl sites for hydroxylation is 2. The minimum absolute atomic E-state index is 0.0379. The van der Waals surface area contributed by atoms with Gasteiger partial charge in [-0.2, -0.15) is 5.10 Å². The maximum Gasteiger partial charge on any atom is 0.272 e. The number of hydrogen-bond acceptors (Lipinski definition) is 3. The zero-order valence-corrected chi connectivity index (χ0v) is 12.9. The van der Waals surface area contributed by atoms with Crippen LogP contribution in [-0.4, -0.2) is 38.7 Å². The Hall–Kier alpha value is -2.17. The fourth-order valence-electron chi connectivity index (χ4n) is 2.35. The summed E-state index contributed by atoms with van der Waals surface area (Å²) < 4.78 is 1.65. The van der Waals surface area contributed by atoms with Gasteiger partial charge in [-0.3, -0.25) is 14.5 Å². The first-order valence-corrected chi connectivity index (χ1v) is 7.31. The van der Waals surface area contributed by atoms with Crippen LogP contribution in [-0.2, 0) is 13.5 Å². The number of pyridine rings is 1. The van der Waals surface area contributed by atoms with Gasteiger partial charge in [0, 0.05) is 38.4 Å². The Kier molecular flexibility index (Phi) is 5.09. The van der Waals surface area contributed by atoms with Gasteiger partial charge >= 0.3 is 0 Å². The molecule has 2 aromatic heterocycles. The van der Waals surface area contributed by atoms with Gasteiger partial charge in [0.2, 0.25) is 0 Å². The first-order valence-electron chi connectivity index (χ1n) is 7.31. The topological polar surface area (TPSA) is 51.0 Å². The van der Waals surface area contributed by atoms with Gasteiger partial charge in [0.1, 0.15) is 5.69 Å². The molecule has 5 nitrogen and oxygen atoms in total. The molecule has 0 saturated heterocycles. The number of aromatic nitrogens is 3. The zero-order chi connectivity index (χ0) is 15.2. The molecule has 0 radical (unpaired) electrons. The monoisotopic (exact) mass is 286 g/mol. The Morgan fingerprint density at radius 2 is 2.14 bits per heavy atom. The molecule has 0 unspecified atom stereocenters. The second kappa shape index (κ2) is 7.02. The Balaban J connectivity index is 2.07. The molecule has 5 heteroatoms. The maximum absolute atomic E-state index is 12.6. The van der Waals surface area contributed by atoms with Crippen molar-refractivity contribution in [2.24, 2.45) is 7.05 Å². The van der Waals surface area contributed by atoms with Crippen molar-refractivity contribution in [2.75, 3.05) is 13.1 Å². The van der Waals surface area contributed by atoms with Crippen LogP contribution in [0.5, 0.6) is 0 Å². The average Bonchev–Trinajstić information content (AvgIpc) is 2.82. The summed E-state index contributed by atoms with van der Waals surface area (Å²) in [6.45, 7) is 5.40. The van der Waals surface area contributed by atoms with E-state index in [2.05, 4.69) is 17.0 Å². The molecule has 2 rings (SSSR count). The molecular formula is C16H22N4O. The van der Waals surface area contributed by atoms with Gasteiger partial charge in [0.05, 0.1) is 5.69 Å². The molecule has 21 heavy (non-hydrogen) atoms. The minimum atomic E-state index is 0.0379. The van der Waals surface area contributed by atoms with Crippen LogP contribution in [0.15, 0.2) is 30.5 Å². The van der Waals surface area contributed by atoms with Crippen LogP contribution in [0.4, 0.5) is 0 Å². The minimum Gasteiger partial charge on any atom is -0.337 e. The number of carbonyl (C=O) groups excluding carboxylic acids is 1. The van der Waals surface area contributed by atoms with Gasteiger partial charge < -0.3 is 4.90 Å². The molecule has 0 spiro atoms. The van der Waals surface area contributed by atoms with Crippen molar-refractivity contribution in [3.05, 3.63) is 47.5 Å². The van der Waals surface area contributed by atoms with Crippen molar-refractivity contribution in [2.45, 2.75) is 26.7 Å². The predicted octanol–water partition coefficient (Wildman–Crippen LogP) is 2.22. The van der Waals surface area contributed by atoms with Crippen molar-refractivity contribution in [3.8, 4) is 0 Å². The van der Waals surface area contributed by atoms with E-state index in [0.717, 1.165) is 30.8 Å². The number of rotatable bonds is 6. The van der Waals surface area contributed by atoms with E-state index in [1.165, 1.54) is 0 Å². The molecule has 0 aliphatic carbocycles. The average molecular weight is 286 g/mol. The molecule has 0 fully saturated rings. The third-order valence-corrected chi connectivity index (χ3v) is 3.37. The number of amides is 1. The van der Waals surface area contributed by atoms with Gasteiger partial charge in [-0.25, -0.2) is 0 Å². The van der Waals surface area contributed by atoms with E-state index < -0.39 is 0 Å². The molecule has 2 aromatic rings. The lowest BCUT2D eigenvalue weighted by Crippen LogP contribution is -2.35. The van der Waals surface area contributed by atoms with Crippen LogP contribution in [0.2, 0.25) is 0 Å². The smallest absolute Gasteiger partial charge is 0.272 e. The Bertz CT molecular complexity index is 592. The number of nitrogens with zero attached hydrogens (tertiary/aromatic N) is 4. The first-order chi connectivity index (χ1) is 10.1. The van der Waals surface area contributed by atoms with Crippen LogP contribution in [0.3, 0.4) is 0 Å². The lowest BCUT2D eigenvalue weighted by Gasteiger charge is -2.21. The Labute approximate surface area is 125 Å². The van der Waals surface area contributed by atoms with E-state index in [1.54, 1.807) is 10.9 Å². The second-order valence-electron chi connectivity index (χ2n) is 5.16. The summed E-state index contributed by atoms with van der Waals surface area (Å²) in [5.74, 6) is 0.0379. The molecule has 0 aliphatic rings. The van der Waals surface area contributed by atoms with Crippen molar-refractivity contribution in [1.82, 2.24) is 19.7 Å². The fourth-order valence-corrected chi connectivity index (χ4v) is 2.35. The lowest BCUT2D eigenvalue weighted by molar-refractivity contribution is 0.0746. The SMILES string of the molecule is CCCN(CCc1ccccn1)C(=O)c1cc(C)nn1C. The van der Waals surface area contributed by atoms with Crippen LogP contribution >= 0.6 is 0 Å². The van der Waals surface area contributed by atoms with Crippen LogP contribution in [0.25, 0.3) is 0 Å². The highest BCUT2D eigenvalue weighted by Gasteiger charge is 2.18. The molecule has 1 amide bonds. The summed E-state index contributed by atoms with van der Waals surface area (Å²) in [5, 5.41) is 4.25. The lowest BCUT2D eigenvalue weighted by atomic mass is 10.2. The molecule has 0 aliphatic heterocycles. The van der Waals surface area contributed by atoms with Gasteiger partial charge in [0.25, 0.3) is 5.91 Å². The summed E-state index contributed by atoms with van der Waals surface area (Å²) in [7, 11) is 1.81. The van der Waals surface area contributed by atoms with E-state index in [9.17, 15) is 4.79 Å². The molecule has 0 bridgehead atoms. The second-order valence-corrected chi connectivity index (χ2v) is 5.16. The largest absolute Gasteiger partial charge is 0.337 e. The molecule has 0 atom stereocenters. The number of carbonyl (C=O) groups is 1. The Morgan fingerprint density at radius 1 is 1.33 bits per heavy atom. The fraction of sp³-hybridized carbons (Fsp3) is 0.438. The van der Waals surface area contributed by atoms with Crippen molar-refractivity contribution < 1.29 is 4.79 Å². The molecule has 2 heterocycles. The van der Waals surface area contributed by atoms with Crippen LogP contribution in [0, 0.1) is 6.92 Å². The molecule has 112 valence electrons. The standard InChI is InChI=1S/C16H22N4O/c1-4-10-20(11-8-14-7-5-6-9-17-14)16(21)15-12-13(2)18-19(15)3/h5-7,9,12H,4,8,10-11H2,1-3H3. The molecular weight excluding hydrogens is 264 g/mol. The van der Waals surface area contributed by atoms with E-state index in [0.29, 0.717) is 12.2 Å². The van der Waals surface area contributed by atoms with Gasteiger partial charge in [-0.05, 0) is 31.5 Å². The van der Waals surface area contributed by atoms with Gasteiger partial charge in [-0.1, -0.05) is 13.0 Å². The van der Waals surface area contributed by atoms with Crippen molar-refractivity contribution in [1.29, 1.82) is 0 Å². The first kappa shape index (κ1) is 15.2. The van der Waals surface area contributed by atoms with E-state index >= 15 is 0 Å². The van der Waals surface area contributed by atoms with E-state index in [1.807, 2.05) is 43.1 Å². The van der Waals surface area contributed by atoms with Crippen molar-refractivity contribution >= 4 is 5.91 Å². The summed E-state index contributed by atoms with van der Waals surface area (Å²) in [6, 6.07) is 7.70. The van der Waals surface area contributed by atoms with Gasteiger partial charge in [-0.15, -0.1) is 0 Å². The summed E-state index contributed by atoms with van der Waals surface area (Å²) >= 11 is 0. The van der Waals surface area contributed by atoms with Crippen LogP contribution < -0.4 is 0 Å². The predicted molar refractivity (Wildman–Crippen MR) is 82.1 cm³/mol.